The maximum atomic E-state index is 11.6. The van der Waals surface area contributed by atoms with Crippen molar-refractivity contribution in [2.75, 3.05) is 26.2 Å². The average molecular weight is 299 g/mol. The van der Waals surface area contributed by atoms with Crippen LogP contribution < -0.4 is 11.1 Å². The number of piperidine rings is 1. The first-order valence-electron chi connectivity index (χ1n) is 8.04. The number of carbonyl (C=O) groups excluding carboxylic acids is 1. The van der Waals surface area contributed by atoms with E-state index in [0.29, 0.717) is 24.5 Å². The Hall–Kier alpha value is -0.810. The average Bonchev–Trinajstić information content (AvgIpc) is 2.33. The number of likely N-dealkylation sites (tertiary alicyclic amines) is 1. The first-order chi connectivity index (χ1) is 9.63. The number of hydrogen-bond acceptors (Lipinski definition) is 4. The Morgan fingerprint density at radius 2 is 1.90 bits per heavy atom. The Labute approximate surface area is 129 Å². The molecule has 0 aromatic heterocycles. The van der Waals surface area contributed by atoms with Crippen molar-refractivity contribution in [1.29, 1.82) is 0 Å². The molecule has 1 heterocycles. The summed E-state index contributed by atoms with van der Waals surface area (Å²) in [5.74, 6) is 0. The minimum Gasteiger partial charge on any atom is -0.444 e. The second kappa shape index (κ2) is 7.45. The van der Waals surface area contributed by atoms with Gasteiger partial charge in [0.2, 0.25) is 0 Å². The molecular weight excluding hydrogens is 266 g/mol. The number of alkyl carbamates (subject to hydrolysis) is 1. The minimum atomic E-state index is -0.449. The standard InChI is InChI=1S/C16H33N3O2/c1-15(2,3)21-14(20)18-9-6-13(12-17)19-10-7-16(4,5)8-11-19/h13H,6-12,17H2,1-5H3,(H,18,20). The van der Waals surface area contributed by atoms with Crippen molar-refractivity contribution >= 4 is 6.09 Å². The van der Waals surface area contributed by atoms with E-state index in [0.717, 1.165) is 19.5 Å². The molecule has 1 aliphatic heterocycles. The number of nitrogens with zero attached hydrogens (tertiary/aromatic N) is 1. The zero-order valence-corrected chi connectivity index (χ0v) is 14.4. The molecule has 1 amide bonds. The van der Waals surface area contributed by atoms with Gasteiger partial charge in [0.15, 0.2) is 0 Å². The van der Waals surface area contributed by atoms with Crippen LogP contribution in [0, 0.1) is 5.41 Å². The van der Waals surface area contributed by atoms with Gasteiger partial charge in [-0.15, -0.1) is 0 Å². The molecule has 0 bridgehead atoms. The SMILES string of the molecule is CC1(C)CCN(C(CN)CCNC(=O)OC(C)(C)C)CC1. The van der Waals surface area contributed by atoms with Gasteiger partial charge in [-0.05, 0) is 58.5 Å². The largest absolute Gasteiger partial charge is 0.444 e. The zero-order valence-electron chi connectivity index (χ0n) is 14.4. The number of ether oxygens (including phenoxy) is 1. The Morgan fingerprint density at radius 1 is 1.33 bits per heavy atom. The van der Waals surface area contributed by atoms with Gasteiger partial charge in [-0.25, -0.2) is 4.79 Å². The number of hydrogen-bond donors (Lipinski definition) is 2. The molecule has 0 aromatic rings. The molecule has 1 atom stereocenters. The number of nitrogens with one attached hydrogen (secondary N) is 1. The Kier molecular flexibility index (Phi) is 6.47. The van der Waals surface area contributed by atoms with Crippen LogP contribution in [0.25, 0.3) is 0 Å². The van der Waals surface area contributed by atoms with Crippen molar-refractivity contribution < 1.29 is 9.53 Å². The van der Waals surface area contributed by atoms with Gasteiger partial charge in [0, 0.05) is 19.1 Å². The predicted molar refractivity (Wildman–Crippen MR) is 86.3 cm³/mol. The predicted octanol–water partition coefficient (Wildman–Crippen LogP) is 2.35. The summed E-state index contributed by atoms with van der Waals surface area (Å²) in [6.07, 6.45) is 2.94. The molecule has 1 rings (SSSR count). The second-order valence-corrected chi connectivity index (χ2v) is 7.81. The lowest BCUT2D eigenvalue weighted by molar-refractivity contribution is 0.0515. The molecule has 0 saturated carbocycles. The maximum absolute atomic E-state index is 11.6. The highest BCUT2D eigenvalue weighted by Crippen LogP contribution is 2.30. The van der Waals surface area contributed by atoms with E-state index >= 15 is 0 Å². The summed E-state index contributed by atoms with van der Waals surface area (Å²) in [5.41, 5.74) is 5.90. The van der Waals surface area contributed by atoms with E-state index in [-0.39, 0.29) is 6.09 Å². The summed E-state index contributed by atoms with van der Waals surface area (Å²) >= 11 is 0. The van der Waals surface area contributed by atoms with Crippen molar-refractivity contribution in [2.45, 2.75) is 65.5 Å². The van der Waals surface area contributed by atoms with Crippen LogP contribution in [0.4, 0.5) is 4.79 Å². The van der Waals surface area contributed by atoms with Crippen LogP contribution in [0.15, 0.2) is 0 Å². The van der Waals surface area contributed by atoms with Crippen LogP contribution in [0.3, 0.4) is 0 Å². The molecule has 5 nitrogen and oxygen atoms in total. The van der Waals surface area contributed by atoms with Crippen LogP contribution in [0.2, 0.25) is 0 Å². The van der Waals surface area contributed by atoms with Gasteiger partial charge in [0.05, 0.1) is 0 Å². The summed E-state index contributed by atoms with van der Waals surface area (Å²) in [5, 5.41) is 2.82. The van der Waals surface area contributed by atoms with E-state index in [9.17, 15) is 4.79 Å². The first-order valence-corrected chi connectivity index (χ1v) is 8.04. The summed E-state index contributed by atoms with van der Waals surface area (Å²) < 4.78 is 5.23. The molecule has 0 radical (unpaired) electrons. The highest BCUT2D eigenvalue weighted by atomic mass is 16.6. The van der Waals surface area contributed by atoms with Gasteiger partial charge in [-0.1, -0.05) is 13.8 Å². The minimum absolute atomic E-state index is 0.344. The highest BCUT2D eigenvalue weighted by molar-refractivity contribution is 5.67. The lowest BCUT2D eigenvalue weighted by Crippen LogP contribution is -2.48. The lowest BCUT2D eigenvalue weighted by Gasteiger charge is -2.40. The fourth-order valence-electron chi connectivity index (χ4n) is 2.60. The number of carbonyl (C=O) groups is 1. The summed E-state index contributed by atoms with van der Waals surface area (Å²) in [4.78, 5) is 14.1. The van der Waals surface area contributed by atoms with E-state index in [1.54, 1.807) is 0 Å². The van der Waals surface area contributed by atoms with Gasteiger partial charge in [0.25, 0.3) is 0 Å². The normalized spacial score (nSPS) is 20.9. The van der Waals surface area contributed by atoms with Gasteiger partial charge >= 0.3 is 6.09 Å². The topological polar surface area (TPSA) is 67.6 Å². The molecule has 1 saturated heterocycles. The Balaban J connectivity index is 2.30. The molecule has 1 aliphatic rings. The number of rotatable bonds is 5. The monoisotopic (exact) mass is 299 g/mol. The summed E-state index contributed by atoms with van der Waals surface area (Å²) in [6.45, 7) is 13.7. The maximum Gasteiger partial charge on any atom is 0.407 e. The summed E-state index contributed by atoms with van der Waals surface area (Å²) in [7, 11) is 0. The van der Waals surface area contributed by atoms with Gasteiger partial charge in [-0.2, -0.15) is 0 Å². The van der Waals surface area contributed by atoms with Crippen molar-refractivity contribution in [3.8, 4) is 0 Å². The van der Waals surface area contributed by atoms with Crippen molar-refractivity contribution in [3.05, 3.63) is 0 Å². The van der Waals surface area contributed by atoms with Gasteiger partial charge in [-0.3, -0.25) is 4.90 Å². The molecule has 0 spiro atoms. The van der Waals surface area contributed by atoms with Crippen LogP contribution in [0.5, 0.6) is 0 Å². The van der Waals surface area contributed by atoms with Crippen LogP contribution in [-0.2, 0) is 4.74 Å². The molecule has 5 heteroatoms. The number of amides is 1. The van der Waals surface area contributed by atoms with Gasteiger partial charge in [0.1, 0.15) is 5.60 Å². The van der Waals surface area contributed by atoms with Crippen molar-refractivity contribution in [1.82, 2.24) is 10.2 Å². The molecule has 124 valence electrons. The summed E-state index contributed by atoms with van der Waals surface area (Å²) in [6, 6.07) is 0.344. The Bertz CT molecular complexity index is 327. The van der Waals surface area contributed by atoms with E-state index in [1.807, 2.05) is 20.8 Å². The zero-order chi connectivity index (χ0) is 16.1. The molecule has 1 fully saturated rings. The third kappa shape index (κ3) is 7.14. The molecule has 0 aromatic carbocycles. The smallest absolute Gasteiger partial charge is 0.407 e. The van der Waals surface area contributed by atoms with E-state index in [2.05, 4.69) is 24.1 Å². The third-order valence-corrected chi connectivity index (χ3v) is 4.09. The second-order valence-electron chi connectivity index (χ2n) is 7.81. The third-order valence-electron chi connectivity index (χ3n) is 4.09. The molecule has 21 heavy (non-hydrogen) atoms. The van der Waals surface area contributed by atoms with Crippen LogP contribution in [0.1, 0.15) is 53.9 Å². The number of nitrogens with two attached hydrogens (primary N) is 1. The van der Waals surface area contributed by atoms with E-state index < -0.39 is 5.60 Å². The molecule has 0 aliphatic carbocycles. The van der Waals surface area contributed by atoms with E-state index in [1.165, 1.54) is 12.8 Å². The van der Waals surface area contributed by atoms with Crippen LogP contribution in [-0.4, -0.2) is 48.8 Å². The molecule has 1 unspecified atom stereocenters. The lowest BCUT2D eigenvalue weighted by atomic mass is 9.82. The molecule has 3 N–H and O–H groups in total. The van der Waals surface area contributed by atoms with Crippen molar-refractivity contribution in [3.63, 3.8) is 0 Å². The van der Waals surface area contributed by atoms with E-state index in [4.69, 9.17) is 10.5 Å². The van der Waals surface area contributed by atoms with Gasteiger partial charge < -0.3 is 15.8 Å². The molecular formula is C16H33N3O2. The fourth-order valence-corrected chi connectivity index (χ4v) is 2.60. The highest BCUT2D eigenvalue weighted by Gasteiger charge is 2.28. The van der Waals surface area contributed by atoms with Crippen molar-refractivity contribution in [2.24, 2.45) is 11.1 Å². The first kappa shape index (κ1) is 18.2. The Morgan fingerprint density at radius 3 is 2.38 bits per heavy atom. The quantitative estimate of drug-likeness (QED) is 0.818. The van der Waals surface area contributed by atoms with Crippen LogP contribution >= 0.6 is 0 Å². The fraction of sp³-hybridized carbons (Fsp3) is 0.938.